The number of methoxy groups -OCH3 is 1. The molecule has 1 N–H and O–H groups in total. The van der Waals surface area contributed by atoms with Gasteiger partial charge in [-0.3, -0.25) is 9.59 Å². The summed E-state index contributed by atoms with van der Waals surface area (Å²) in [5.74, 6) is 0.276. The molecule has 2 amide bonds. The number of carbonyl (C=O) groups is 2. The van der Waals surface area contributed by atoms with E-state index >= 15 is 0 Å². The molecular formula is C22H26N2O4. The van der Waals surface area contributed by atoms with Crippen LogP contribution in [-0.4, -0.2) is 66.1 Å². The van der Waals surface area contributed by atoms with Gasteiger partial charge in [0.05, 0.1) is 13.2 Å². The van der Waals surface area contributed by atoms with Crippen molar-refractivity contribution in [3.8, 4) is 5.75 Å². The Labute approximate surface area is 165 Å². The smallest absolute Gasteiger partial charge is 0.254 e. The average Bonchev–Trinajstić information content (AvgIpc) is 2.84. The highest BCUT2D eigenvalue weighted by Gasteiger charge is 2.30. The number of aryl methyl sites for hydroxylation is 1. The molecule has 1 unspecified atom stereocenters. The number of carbonyl (C=O) groups excluding carboxylic acids is 2. The van der Waals surface area contributed by atoms with Gasteiger partial charge < -0.3 is 19.6 Å². The van der Waals surface area contributed by atoms with Crippen molar-refractivity contribution in [2.45, 2.75) is 19.4 Å². The van der Waals surface area contributed by atoms with Gasteiger partial charge in [0.2, 0.25) is 5.91 Å². The van der Waals surface area contributed by atoms with Crippen LogP contribution in [0.15, 0.2) is 48.5 Å². The Morgan fingerprint density at radius 1 is 1.18 bits per heavy atom. The lowest BCUT2D eigenvalue weighted by Crippen LogP contribution is -2.40. The highest BCUT2D eigenvalue weighted by molar-refractivity contribution is 5.98. The molecule has 0 saturated carbocycles. The molecule has 1 atom stereocenters. The number of aliphatic hydroxyl groups excluding tert-OH is 1. The van der Waals surface area contributed by atoms with E-state index in [0.717, 1.165) is 11.1 Å². The minimum absolute atomic E-state index is 0.0316. The first-order valence-corrected chi connectivity index (χ1v) is 9.41. The number of amides is 2. The maximum Gasteiger partial charge on any atom is 0.254 e. The van der Waals surface area contributed by atoms with Gasteiger partial charge in [-0.05, 0) is 42.7 Å². The molecule has 6 heteroatoms. The quantitative estimate of drug-likeness (QED) is 0.857. The molecule has 3 rings (SSSR count). The second kappa shape index (κ2) is 8.89. The normalized spacial score (nSPS) is 17.4. The lowest BCUT2D eigenvalue weighted by Gasteiger charge is -2.22. The van der Waals surface area contributed by atoms with Crippen molar-refractivity contribution in [2.24, 2.45) is 0 Å². The molecular weight excluding hydrogens is 356 g/mol. The van der Waals surface area contributed by atoms with Gasteiger partial charge in [0.15, 0.2) is 0 Å². The van der Waals surface area contributed by atoms with Gasteiger partial charge in [0.1, 0.15) is 12.3 Å². The molecule has 0 spiro atoms. The van der Waals surface area contributed by atoms with Gasteiger partial charge in [-0.2, -0.15) is 0 Å². The van der Waals surface area contributed by atoms with Crippen LogP contribution in [0.2, 0.25) is 0 Å². The van der Waals surface area contributed by atoms with Crippen LogP contribution in [0.1, 0.15) is 21.5 Å². The first-order valence-electron chi connectivity index (χ1n) is 9.41. The molecule has 6 nitrogen and oxygen atoms in total. The van der Waals surface area contributed by atoms with Crippen LogP contribution < -0.4 is 4.74 Å². The number of hydrogen-bond acceptors (Lipinski definition) is 4. The monoisotopic (exact) mass is 382 g/mol. The van der Waals surface area contributed by atoms with Crippen LogP contribution in [0.5, 0.6) is 5.75 Å². The highest BCUT2D eigenvalue weighted by atomic mass is 16.5. The summed E-state index contributed by atoms with van der Waals surface area (Å²) in [4.78, 5) is 28.7. The third-order valence-corrected chi connectivity index (χ3v) is 5.01. The van der Waals surface area contributed by atoms with E-state index in [1.165, 1.54) is 4.90 Å². The minimum atomic E-state index is -0.773. The van der Waals surface area contributed by atoms with Crippen LogP contribution in [0.25, 0.3) is 0 Å². The Balaban J connectivity index is 1.69. The van der Waals surface area contributed by atoms with Crippen molar-refractivity contribution >= 4 is 11.8 Å². The topological polar surface area (TPSA) is 70.1 Å². The number of ether oxygens (including phenoxy) is 1. The van der Waals surface area contributed by atoms with Gasteiger partial charge >= 0.3 is 0 Å². The van der Waals surface area contributed by atoms with E-state index in [4.69, 9.17) is 4.74 Å². The third kappa shape index (κ3) is 4.70. The number of rotatable bonds is 5. The van der Waals surface area contributed by atoms with Crippen molar-refractivity contribution in [3.05, 3.63) is 65.2 Å². The maximum absolute atomic E-state index is 13.0. The molecule has 1 fully saturated rings. The van der Waals surface area contributed by atoms with Crippen molar-refractivity contribution in [2.75, 3.05) is 33.3 Å². The summed E-state index contributed by atoms with van der Waals surface area (Å²) in [6.45, 7) is 2.69. The molecule has 148 valence electrons. The number of β-amino-alcohol motifs (C(OH)–C–C–N with tert-alkyl or cyclic N) is 1. The first kappa shape index (κ1) is 19.9. The molecule has 0 aromatic heterocycles. The maximum atomic E-state index is 13.0. The molecule has 28 heavy (non-hydrogen) atoms. The second-order valence-corrected chi connectivity index (χ2v) is 7.10. The summed E-state index contributed by atoms with van der Waals surface area (Å²) < 4.78 is 5.18. The van der Waals surface area contributed by atoms with Gasteiger partial charge in [-0.1, -0.05) is 30.3 Å². The van der Waals surface area contributed by atoms with E-state index in [-0.39, 0.29) is 31.4 Å². The van der Waals surface area contributed by atoms with Crippen molar-refractivity contribution in [3.63, 3.8) is 0 Å². The van der Waals surface area contributed by atoms with Crippen LogP contribution in [0.4, 0.5) is 0 Å². The predicted octanol–water partition coefficient (Wildman–Crippen LogP) is 1.89. The van der Waals surface area contributed by atoms with E-state index in [2.05, 4.69) is 0 Å². The van der Waals surface area contributed by atoms with E-state index < -0.39 is 6.10 Å². The molecule has 0 bridgehead atoms. The molecule has 1 aliphatic rings. The molecule has 1 heterocycles. The third-order valence-electron chi connectivity index (χ3n) is 5.01. The number of benzene rings is 2. The van der Waals surface area contributed by atoms with E-state index in [1.807, 2.05) is 37.3 Å². The van der Waals surface area contributed by atoms with Crippen LogP contribution in [-0.2, 0) is 11.2 Å². The fourth-order valence-corrected chi connectivity index (χ4v) is 3.45. The second-order valence-electron chi connectivity index (χ2n) is 7.10. The Kier molecular flexibility index (Phi) is 6.31. The Morgan fingerprint density at radius 2 is 1.93 bits per heavy atom. The summed E-state index contributed by atoms with van der Waals surface area (Å²) in [6.07, 6.45) is -0.0603. The summed E-state index contributed by atoms with van der Waals surface area (Å²) in [5, 5.41) is 10.4. The summed E-state index contributed by atoms with van der Waals surface area (Å²) in [7, 11) is 1.57. The summed E-state index contributed by atoms with van der Waals surface area (Å²) in [5.41, 5.74) is 2.42. The van der Waals surface area contributed by atoms with Crippen LogP contribution in [0, 0.1) is 6.92 Å². The Morgan fingerprint density at radius 3 is 2.61 bits per heavy atom. The largest absolute Gasteiger partial charge is 0.497 e. The number of aliphatic hydroxyl groups is 1. The lowest BCUT2D eigenvalue weighted by atomic mass is 10.1. The van der Waals surface area contributed by atoms with Gasteiger partial charge in [-0.25, -0.2) is 0 Å². The summed E-state index contributed by atoms with van der Waals surface area (Å²) in [6, 6.07) is 15.1. The van der Waals surface area contributed by atoms with Gasteiger partial charge in [-0.15, -0.1) is 0 Å². The summed E-state index contributed by atoms with van der Waals surface area (Å²) >= 11 is 0. The average molecular weight is 382 g/mol. The molecule has 0 aliphatic carbocycles. The number of hydrogen-bond donors (Lipinski definition) is 1. The Bertz CT molecular complexity index is 838. The Hall–Kier alpha value is -2.86. The van der Waals surface area contributed by atoms with Crippen molar-refractivity contribution < 1.29 is 19.4 Å². The van der Waals surface area contributed by atoms with Crippen molar-refractivity contribution in [1.82, 2.24) is 9.80 Å². The molecule has 0 radical (unpaired) electrons. The zero-order chi connectivity index (χ0) is 20.1. The van der Waals surface area contributed by atoms with E-state index in [0.29, 0.717) is 24.3 Å². The SMILES string of the molecule is COc1ccc(C(=O)N2CC(=O)N(CCc3ccccc3)CC(O)C2)c(C)c1. The molecule has 2 aromatic rings. The van der Waals surface area contributed by atoms with Crippen molar-refractivity contribution in [1.29, 1.82) is 0 Å². The van der Waals surface area contributed by atoms with E-state index in [1.54, 1.807) is 30.2 Å². The minimum Gasteiger partial charge on any atom is -0.497 e. The number of nitrogens with zero attached hydrogens (tertiary/aromatic N) is 2. The first-order chi connectivity index (χ1) is 13.5. The molecule has 2 aromatic carbocycles. The van der Waals surface area contributed by atoms with E-state index in [9.17, 15) is 14.7 Å². The van der Waals surface area contributed by atoms with Gasteiger partial charge in [0.25, 0.3) is 5.91 Å². The lowest BCUT2D eigenvalue weighted by molar-refractivity contribution is -0.131. The highest BCUT2D eigenvalue weighted by Crippen LogP contribution is 2.19. The predicted molar refractivity (Wildman–Crippen MR) is 106 cm³/mol. The standard InChI is InChI=1S/C22H26N2O4/c1-16-12-19(28-2)8-9-20(16)22(27)24-14-18(25)13-23(21(26)15-24)11-10-17-6-4-3-5-7-17/h3-9,12,18,25H,10-11,13-15H2,1-2H3. The van der Waals surface area contributed by atoms with Crippen LogP contribution in [0.3, 0.4) is 0 Å². The molecule has 1 aliphatic heterocycles. The zero-order valence-corrected chi connectivity index (χ0v) is 16.3. The van der Waals surface area contributed by atoms with Gasteiger partial charge in [0, 0.05) is 25.2 Å². The zero-order valence-electron chi connectivity index (χ0n) is 16.3. The fourth-order valence-electron chi connectivity index (χ4n) is 3.45. The van der Waals surface area contributed by atoms with Crippen LogP contribution >= 0.6 is 0 Å². The fraction of sp³-hybridized carbons (Fsp3) is 0.364. The molecule has 1 saturated heterocycles.